The number of rotatable bonds is 1. The Kier molecular flexibility index (Phi) is 2.22. The molecular formula is C9H7BrClNO. The summed E-state index contributed by atoms with van der Waals surface area (Å²) in [4.78, 5) is 3.10. The molecule has 0 atom stereocenters. The van der Waals surface area contributed by atoms with Gasteiger partial charge in [0.25, 0.3) is 0 Å². The number of ether oxygens (including phenoxy) is 1. The van der Waals surface area contributed by atoms with Gasteiger partial charge in [-0.2, -0.15) is 0 Å². The fourth-order valence-corrected chi connectivity index (χ4v) is 1.93. The summed E-state index contributed by atoms with van der Waals surface area (Å²) in [5.74, 6) is 0.758. The lowest BCUT2D eigenvalue weighted by Crippen LogP contribution is -1.83. The number of fused-ring (bicyclic) bond motifs is 1. The maximum atomic E-state index is 5.92. The van der Waals surface area contributed by atoms with Gasteiger partial charge in [0.1, 0.15) is 5.75 Å². The lowest BCUT2D eigenvalue weighted by atomic mass is 10.2. The molecule has 1 aromatic heterocycles. The zero-order valence-electron chi connectivity index (χ0n) is 6.90. The number of benzene rings is 1. The Morgan fingerprint density at radius 2 is 2.23 bits per heavy atom. The topological polar surface area (TPSA) is 25.0 Å². The van der Waals surface area contributed by atoms with Gasteiger partial charge in [-0.3, -0.25) is 0 Å². The first-order chi connectivity index (χ1) is 6.22. The van der Waals surface area contributed by atoms with Gasteiger partial charge in [-0.25, -0.2) is 0 Å². The smallest absolute Gasteiger partial charge is 0.144 e. The molecule has 0 spiro atoms. The Morgan fingerprint density at radius 3 is 2.92 bits per heavy atom. The summed E-state index contributed by atoms with van der Waals surface area (Å²) in [5.41, 5.74) is 0.957. The van der Waals surface area contributed by atoms with E-state index in [4.69, 9.17) is 16.3 Å². The van der Waals surface area contributed by atoms with Crippen LogP contribution in [0.4, 0.5) is 0 Å². The molecule has 0 saturated heterocycles. The minimum atomic E-state index is 0.671. The van der Waals surface area contributed by atoms with E-state index in [9.17, 15) is 0 Å². The Morgan fingerprint density at radius 1 is 1.46 bits per heavy atom. The third-order valence-electron chi connectivity index (χ3n) is 1.89. The number of halogens is 2. The van der Waals surface area contributed by atoms with Crippen molar-refractivity contribution >= 4 is 38.4 Å². The number of nitrogens with one attached hydrogen (secondary N) is 1. The van der Waals surface area contributed by atoms with Crippen molar-refractivity contribution < 1.29 is 4.74 Å². The van der Waals surface area contributed by atoms with Crippen molar-refractivity contribution in [3.8, 4) is 5.75 Å². The molecule has 0 aliphatic heterocycles. The van der Waals surface area contributed by atoms with Crippen molar-refractivity contribution in [1.29, 1.82) is 0 Å². The van der Waals surface area contributed by atoms with Gasteiger partial charge in [0, 0.05) is 27.1 Å². The standard InChI is InChI=1S/C9H7BrClNO/c1-13-8-3-5(11)2-6-7(10)4-12-9(6)8/h2-4,12H,1H3. The summed E-state index contributed by atoms with van der Waals surface area (Å²) in [7, 11) is 1.62. The fourth-order valence-electron chi connectivity index (χ4n) is 1.29. The molecule has 2 nitrogen and oxygen atoms in total. The minimum Gasteiger partial charge on any atom is -0.495 e. The third kappa shape index (κ3) is 1.42. The van der Waals surface area contributed by atoms with Crippen LogP contribution in [0.1, 0.15) is 0 Å². The van der Waals surface area contributed by atoms with Gasteiger partial charge in [-0.1, -0.05) is 11.6 Å². The molecule has 2 aromatic rings. The first-order valence-corrected chi connectivity index (χ1v) is 4.89. The van der Waals surface area contributed by atoms with E-state index in [0.29, 0.717) is 5.02 Å². The fraction of sp³-hybridized carbons (Fsp3) is 0.111. The van der Waals surface area contributed by atoms with E-state index >= 15 is 0 Å². The highest BCUT2D eigenvalue weighted by molar-refractivity contribution is 9.10. The summed E-state index contributed by atoms with van der Waals surface area (Å²) in [6, 6.07) is 3.67. The first kappa shape index (κ1) is 8.91. The highest BCUT2D eigenvalue weighted by Gasteiger charge is 2.07. The second-order valence-corrected chi connectivity index (χ2v) is 3.96. The van der Waals surface area contributed by atoms with E-state index in [1.807, 2.05) is 12.3 Å². The van der Waals surface area contributed by atoms with Crippen molar-refractivity contribution in [3.05, 3.63) is 27.8 Å². The Labute approximate surface area is 89.0 Å². The quantitative estimate of drug-likeness (QED) is 0.833. The monoisotopic (exact) mass is 259 g/mol. The highest BCUT2D eigenvalue weighted by Crippen LogP contribution is 2.33. The average molecular weight is 261 g/mol. The van der Waals surface area contributed by atoms with Crippen LogP contribution in [0.2, 0.25) is 5.02 Å². The summed E-state index contributed by atoms with van der Waals surface area (Å²) < 4.78 is 6.17. The molecule has 0 unspecified atom stereocenters. The molecule has 68 valence electrons. The number of aromatic nitrogens is 1. The van der Waals surface area contributed by atoms with Gasteiger partial charge in [-0.15, -0.1) is 0 Å². The number of hydrogen-bond donors (Lipinski definition) is 1. The predicted molar refractivity (Wildman–Crippen MR) is 57.6 cm³/mol. The Balaban J connectivity index is 2.84. The van der Waals surface area contributed by atoms with Crippen LogP contribution in [0.15, 0.2) is 22.8 Å². The van der Waals surface area contributed by atoms with Gasteiger partial charge in [0.2, 0.25) is 0 Å². The molecule has 0 aliphatic rings. The van der Waals surface area contributed by atoms with E-state index in [2.05, 4.69) is 20.9 Å². The Bertz CT molecular complexity index is 452. The second kappa shape index (κ2) is 3.24. The second-order valence-electron chi connectivity index (χ2n) is 2.67. The summed E-state index contributed by atoms with van der Waals surface area (Å²) in [5, 5.41) is 1.70. The summed E-state index contributed by atoms with van der Waals surface area (Å²) in [6.45, 7) is 0. The maximum Gasteiger partial charge on any atom is 0.144 e. The zero-order valence-corrected chi connectivity index (χ0v) is 9.24. The number of hydrogen-bond acceptors (Lipinski definition) is 1. The molecule has 4 heteroatoms. The van der Waals surface area contributed by atoms with Crippen LogP contribution in [-0.4, -0.2) is 12.1 Å². The molecule has 1 N–H and O–H groups in total. The van der Waals surface area contributed by atoms with Crippen molar-refractivity contribution in [1.82, 2.24) is 4.98 Å². The molecule has 1 aromatic carbocycles. The molecular weight excluding hydrogens is 253 g/mol. The van der Waals surface area contributed by atoms with Gasteiger partial charge in [-0.05, 0) is 22.0 Å². The predicted octanol–water partition coefficient (Wildman–Crippen LogP) is 3.59. The van der Waals surface area contributed by atoms with Gasteiger partial charge >= 0.3 is 0 Å². The molecule has 0 amide bonds. The van der Waals surface area contributed by atoms with Gasteiger partial charge in [0.05, 0.1) is 12.6 Å². The highest BCUT2D eigenvalue weighted by atomic mass is 79.9. The van der Waals surface area contributed by atoms with Crippen molar-refractivity contribution in [3.63, 3.8) is 0 Å². The van der Waals surface area contributed by atoms with Crippen LogP contribution >= 0.6 is 27.5 Å². The van der Waals surface area contributed by atoms with Gasteiger partial charge in [0.15, 0.2) is 0 Å². The van der Waals surface area contributed by atoms with E-state index < -0.39 is 0 Å². The summed E-state index contributed by atoms with van der Waals surface area (Å²) in [6.07, 6.45) is 1.86. The molecule has 0 aliphatic carbocycles. The van der Waals surface area contributed by atoms with Crippen LogP contribution in [-0.2, 0) is 0 Å². The van der Waals surface area contributed by atoms with Crippen molar-refractivity contribution in [2.24, 2.45) is 0 Å². The normalized spacial score (nSPS) is 10.7. The van der Waals surface area contributed by atoms with Crippen molar-refractivity contribution in [2.45, 2.75) is 0 Å². The van der Waals surface area contributed by atoms with Gasteiger partial charge < -0.3 is 9.72 Å². The number of aromatic amines is 1. The van der Waals surface area contributed by atoms with Crippen LogP contribution in [0.5, 0.6) is 5.75 Å². The molecule has 0 saturated carbocycles. The third-order valence-corrected chi connectivity index (χ3v) is 2.76. The van der Waals surface area contributed by atoms with E-state index in [1.165, 1.54) is 0 Å². The molecule has 2 rings (SSSR count). The van der Waals surface area contributed by atoms with E-state index in [-0.39, 0.29) is 0 Å². The lowest BCUT2D eigenvalue weighted by molar-refractivity contribution is 0.419. The molecule has 0 bridgehead atoms. The van der Waals surface area contributed by atoms with Crippen LogP contribution in [0, 0.1) is 0 Å². The van der Waals surface area contributed by atoms with Crippen LogP contribution in [0.25, 0.3) is 10.9 Å². The zero-order chi connectivity index (χ0) is 9.42. The number of H-pyrrole nitrogens is 1. The SMILES string of the molecule is COc1cc(Cl)cc2c(Br)c[nH]c12. The average Bonchev–Trinajstić information content (AvgIpc) is 2.47. The van der Waals surface area contributed by atoms with E-state index in [0.717, 1.165) is 21.1 Å². The molecule has 13 heavy (non-hydrogen) atoms. The molecule has 0 fully saturated rings. The van der Waals surface area contributed by atoms with Crippen LogP contribution in [0.3, 0.4) is 0 Å². The molecule has 0 radical (unpaired) electrons. The largest absolute Gasteiger partial charge is 0.495 e. The van der Waals surface area contributed by atoms with Crippen molar-refractivity contribution in [2.75, 3.05) is 7.11 Å². The van der Waals surface area contributed by atoms with E-state index in [1.54, 1.807) is 13.2 Å². The minimum absolute atomic E-state index is 0.671. The maximum absolute atomic E-state index is 5.92. The Hall–Kier alpha value is -0.670. The van der Waals surface area contributed by atoms with Crippen LogP contribution < -0.4 is 4.74 Å². The number of methoxy groups -OCH3 is 1. The molecule has 1 heterocycles. The summed E-state index contributed by atoms with van der Waals surface area (Å²) >= 11 is 9.34. The lowest BCUT2D eigenvalue weighted by Gasteiger charge is -2.02. The first-order valence-electron chi connectivity index (χ1n) is 3.72.